The lowest BCUT2D eigenvalue weighted by Gasteiger charge is -2.33. The standard InChI is InChI=1S/C25H29NO5/c1-15-7-5-6-12-26(15)14-19-20(27)10-9-18-24(28)23(16(2)31-25(18)19)17-8-11-21(29-3)22(13-17)30-4/h8-11,13,15,27H,5-7,12,14H2,1-4H3/t15-/m1/s1. The Balaban J connectivity index is 1.85. The summed E-state index contributed by atoms with van der Waals surface area (Å²) in [6.07, 6.45) is 3.50. The van der Waals surface area contributed by atoms with E-state index in [2.05, 4.69) is 11.8 Å². The Kier molecular flexibility index (Phi) is 5.92. The van der Waals surface area contributed by atoms with Crippen molar-refractivity contribution < 1.29 is 19.0 Å². The fourth-order valence-electron chi connectivity index (χ4n) is 4.49. The van der Waals surface area contributed by atoms with Crippen molar-refractivity contribution in [1.82, 2.24) is 4.90 Å². The van der Waals surface area contributed by atoms with Crippen molar-refractivity contribution in [2.45, 2.75) is 45.7 Å². The zero-order valence-corrected chi connectivity index (χ0v) is 18.5. The van der Waals surface area contributed by atoms with Gasteiger partial charge in [-0.2, -0.15) is 0 Å². The fraction of sp³-hybridized carbons (Fsp3) is 0.400. The Labute approximate surface area is 182 Å². The molecule has 0 bridgehead atoms. The number of piperidine rings is 1. The minimum absolute atomic E-state index is 0.126. The smallest absolute Gasteiger partial charge is 0.200 e. The maximum absolute atomic E-state index is 13.5. The van der Waals surface area contributed by atoms with E-state index in [-0.39, 0.29) is 11.2 Å². The highest BCUT2D eigenvalue weighted by Crippen LogP contribution is 2.35. The molecule has 4 rings (SSSR count). The van der Waals surface area contributed by atoms with Crippen LogP contribution in [0.3, 0.4) is 0 Å². The van der Waals surface area contributed by atoms with Crippen molar-refractivity contribution in [2.24, 2.45) is 0 Å². The molecule has 2 aromatic carbocycles. The van der Waals surface area contributed by atoms with Gasteiger partial charge in [-0.1, -0.05) is 12.5 Å². The van der Waals surface area contributed by atoms with E-state index < -0.39 is 0 Å². The van der Waals surface area contributed by atoms with Gasteiger partial charge >= 0.3 is 0 Å². The van der Waals surface area contributed by atoms with Crippen molar-refractivity contribution in [3.63, 3.8) is 0 Å². The quantitative estimate of drug-likeness (QED) is 0.632. The summed E-state index contributed by atoms with van der Waals surface area (Å²) in [6, 6.07) is 9.05. The molecule has 6 nitrogen and oxygen atoms in total. The topological polar surface area (TPSA) is 72.1 Å². The molecule has 164 valence electrons. The first-order chi connectivity index (χ1) is 14.9. The highest BCUT2D eigenvalue weighted by molar-refractivity contribution is 5.87. The number of hydrogen-bond donors (Lipinski definition) is 1. The van der Waals surface area contributed by atoms with Gasteiger partial charge < -0.3 is 19.0 Å². The second-order valence-corrected chi connectivity index (χ2v) is 8.19. The number of fused-ring (bicyclic) bond motifs is 1. The molecule has 0 saturated carbocycles. The summed E-state index contributed by atoms with van der Waals surface area (Å²) in [6.45, 7) is 5.52. The lowest BCUT2D eigenvalue weighted by atomic mass is 9.99. The predicted octanol–water partition coefficient (Wildman–Crippen LogP) is 4.87. The number of benzene rings is 2. The monoisotopic (exact) mass is 423 g/mol. The average Bonchev–Trinajstić information content (AvgIpc) is 2.77. The SMILES string of the molecule is COc1ccc(-c2c(C)oc3c(CN4CCCC[C@H]4C)c(O)ccc3c2=O)cc1OC. The summed E-state index contributed by atoms with van der Waals surface area (Å²) < 4.78 is 16.9. The number of ether oxygens (including phenoxy) is 2. The van der Waals surface area contributed by atoms with Crippen LogP contribution in [0.4, 0.5) is 0 Å². The summed E-state index contributed by atoms with van der Waals surface area (Å²) in [7, 11) is 3.14. The highest BCUT2D eigenvalue weighted by atomic mass is 16.5. The lowest BCUT2D eigenvalue weighted by molar-refractivity contribution is 0.151. The Bertz CT molecular complexity index is 1170. The molecule has 0 spiro atoms. The van der Waals surface area contributed by atoms with E-state index in [1.54, 1.807) is 45.4 Å². The van der Waals surface area contributed by atoms with Gasteiger partial charge in [-0.25, -0.2) is 0 Å². The van der Waals surface area contributed by atoms with Crippen LogP contribution in [-0.4, -0.2) is 36.8 Å². The molecule has 6 heteroatoms. The summed E-state index contributed by atoms with van der Waals surface area (Å²) in [5.41, 5.74) is 2.19. The van der Waals surface area contributed by atoms with Crippen LogP contribution < -0.4 is 14.9 Å². The average molecular weight is 424 g/mol. The number of phenolic OH excluding ortho intramolecular Hbond substituents is 1. The largest absolute Gasteiger partial charge is 0.507 e. The molecular weight excluding hydrogens is 394 g/mol. The molecule has 1 fully saturated rings. The summed E-state index contributed by atoms with van der Waals surface area (Å²) in [4.78, 5) is 15.8. The molecule has 1 atom stereocenters. The van der Waals surface area contributed by atoms with Crippen molar-refractivity contribution in [3.05, 3.63) is 51.9 Å². The maximum atomic E-state index is 13.5. The molecule has 0 amide bonds. The zero-order chi connectivity index (χ0) is 22.1. The number of phenols is 1. The number of methoxy groups -OCH3 is 2. The van der Waals surface area contributed by atoms with Gasteiger partial charge in [-0.3, -0.25) is 9.69 Å². The van der Waals surface area contributed by atoms with Gasteiger partial charge in [0, 0.05) is 12.6 Å². The first kappa shape index (κ1) is 21.2. The molecule has 1 saturated heterocycles. The van der Waals surface area contributed by atoms with Crippen molar-refractivity contribution >= 4 is 11.0 Å². The third-order valence-corrected chi connectivity index (χ3v) is 6.29. The highest BCUT2D eigenvalue weighted by Gasteiger charge is 2.23. The number of likely N-dealkylation sites (tertiary alicyclic amines) is 1. The van der Waals surface area contributed by atoms with Gasteiger partial charge in [-0.05, 0) is 63.1 Å². The van der Waals surface area contributed by atoms with E-state index in [1.807, 2.05) is 6.07 Å². The van der Waals surface area contributed by atoms with Crippen molar-refractivity contribution in [1.29, 1.82) is 0 Å². The zero-order valence-electron chi connectivity index (χ0n) is 18.5. The summed E-state index contributed by atoms with van der Waals surface area (Å²) in [5, 5.41) is 11.1. The lowest BCUT2D eigenvalue weighted by Crippen LogP contribution is -2.36. The van der Waals surface area contributed by atoms with Crippen LogP contribution in [-0.2, 0) is 6.54 Å². The van der Waals surface area contributed by atoms with E-state index in [9.17, 15) is 9.90 Å². The van der Waals surface area contributed by atoms with Gasteiger partial charge in [0.2, 0.25) is 5.43 Å². The van der Waals surface area contributed by atoms with E-state index in [4.69, 9.17) is 13.9 Å². The second kappa shape index (κ2) is 8.63. The van der Waals surface area contributed by atoms with Crippen LogP contribution in [0.1, 0.15) is 37.5 Å². The molecule has 1 N–H and O–H groups in total. The van der Waals surface area contributed by atoms with Gasteiger partial charge in [0.1, 0.15) is 17.1 Å². The van der Waals surface area contributed by atoms with Gasteiger partial charge in [0.25, 0.3) is 0 Å². The van der Waals surface area contributed by atoms with Crippen LogP contribution in [0.25, 0.3) is 22.1 Å². The minimum Gasteiger partial charge on any atom is -0.507 e. The van der Waals surface area contributed by atoms with Crippen LogP contribution in [0.15, 0.2) is 39.5 Å². The molecule has 0 aliphatic carbocycles. The summed E-state index contributed by atoms with van der Waals surface area (Å²) in [5.74, 6) is 1.80. The molecular formula is C25H29NO5. The Morgan fingerprint density at radius 2 is 1.90 bits per heavy atom. The number of nitrogens with zero attached hydrogens (tertiary/aromatic N) is 1. The van der Waals surface area contributed by atoms with Crippen LogP contribution in [0.5, 0.6) is 17.2 Å². The van der Waals surface area contributed by atoms with E-state index in [0.29, 0.717) is 57.5 Å². The molecule has 0 unspecified atom stereocenters. The summed E-state index contributed by atoms with van der Waals surface area (Å²) >= 11 is 0. The van der Waals surface area contributed by atoms with Crippen molar-refractivity contribution in [2.75, 3.05) is 20.8 Å². The Morgan fingerprint density at radius 3 is 2.61 bits per heavy atom. The number of hydrogen-bond acceptors (Lipinski definition) is 6. The third-order valence-electron chi connectivity index (χ3n) is 6.29. The third kappa shape index (κ3) is 3.88. The predicted molar refractivity (Wildman–Crippen MR) is 121 cm³/mol. The first-order valence-electron chi connectivity index (χ1n) is 10.7. The van der Waals surface area contributed by atoms with E-state index in [0.717, 1.165) is 19.4 Å². The number of aromatic hydroxyl groups is 1. The molecule has 0 radical (unpaired) electrons. The first-order valence-corrected chi connectivity index (χ1v) is 10.7. The van der Waals surface area contributed by atoms with Gasteiger partial charge in [0.15, 0.2) is 11.5 Å². The normalized spacial score (nSPS) is 17.1. The second-order valence-electron chi connectivity index (χ2n) is 8.19. The van der Waals surface area contributed by atoms with Gasteiger partial charge in [-0.15, -0.1) is 0 Å². The maximum Gasteiger partial charge on any atom is 0.200 e. The van der Waals surface area contributed by atoms with Crippen LogP contribution >= 0.6 is 0 Å². The number of rotatable bonds is 5. The molecule has 1 aliphatic heterocycles. The minimum atomic E-state index is -0.126. The van der Waals surface area contributed by atoms with Crippen molar-refractivity contribution in [3.8, 4) is 28.4 Å². The molecule has 1 aromatic heterocycles. The molecule has 3 aromatic rings. The molecule has 31 heavy (non-hydrogen) atoms. The van der Waals surface area contributed by atoms with Crippen LogP contribution in [0.2, 0.25) is 0 Å². The fourth-order valence-corrected chi connectivity index (χ4v) is 4.49. The van der Waals surface area contributed by atoms with Gasteiger partial charge in [0.05, 0.1) is 30.7 Å². The molecule has 2 heterocycles. The van der Waals surface area contributed by atoms with E-state index >= 15 is 0 Å². The van der Waals surface area contributed by atoms with E-state index in [1.165, 1.54) is 6.42 Å². The van der Waals surface area contributed by atoms with Crippen LogP contribution in [0, 0.1) is 6.92 Å². The molecule has 1 aliphatic rings. The Morgan fingerprint density at radius 1 is 1.13 bits per heavy atom. The number of aryl methyl sites for hydroxylation is 1. The Hall–Kier alpha value is -2.99.